The number of aromatic nitrogens is 3. The molecule has 3 rings (SSSR count). The maximum absolute atomic E-state index is 13.4. The first-order chi connectivity index (χ1) is 13.9. The molecule has 2 aromatic heterocycles. The molecule has 2 aromatic rings. The van der Waals surface area contributed by atoms with Gasteiger partial charge in [0, 0.05) is 26.1 Å². The van der Waals surface area contributed by atoms with Crippen LogP contribution in [0, 0.1) is 0 Å². The van der Waals surface area contributed by atoms with Gasteiger partial charge in [-0.15, -0.1) is 0 Å². The number of likely N-dealkylation sites (tertiary alicyclic amines) is 1. The molecule has 1 fully saturated rings. The van der Waals surface area contributed by atoms with E-state index in [1.165, 1.54) is 6.20 Å². The molecule has 3 heterocycles. The van der Waals surface area contributed by atoms with Crippen LogP contribution in [0.4, 0.5) is 10.6 Å². The molecule has 1 unspecified atom stereocenters. The molecule has 0 radical (unpaired) electrons. The molecule has 0 aliphatic carbocycles. The van der Waals surface area contributed by atoms with Gasteiger partial charge in [0.25, 0.3) is 5.91 Å². The number of carbonyl (C=O) groups excluding carboxylic acids is 2. The van der Waals surface area contributed by atoms with Crippen LogP contribution in [-0.4, -0.2) is 67.9 Å². The maximum atomic E-state index is 13.4. The first-order valence-corrected chi connectivity index (χ1v) is 10.8. The van der Waals surface area contributed by atoms with Crippen LogP contribution in [0.15, 0.2) is 10.8 Å². The molecule has 0 aromatic carbocycles. The second-order valence-corrected chi connectivity index (χ2v) is 9.66. The van der Waals surface area contributed by atoms with Gasteiger partial charge in [0.2, 0.25) is 0 Å². The van der Waals surface area contributed by atoms with E-state index in [-0.39, 0.29) is 24.0 Å². The van der Waals surface area contributed by atoms with Crippen molar-refractivity contribution in [3.63, 3.8) is 0 Å². The Morgan fingerprint density at radius 2 is 2.03 bits per heavy atom. The van der Waals surface area contributed by atoms with E-state index in [1.807, 2.05) is 34.6 Å². The zero-order chi connectivity index (χ0) is 22.4. The molecule has 1 aliphatic rings. The third kappa shape index (κ3) is 4.23. The molecule has 2 amide bonds. The highest BCUT2D eigenvalue weighted by atomic mass is 79.9. The average Bonchev–Trinajstić information content (AvgIpc) is 3.25. The minimum Gasteiger partial charge on any atom is -0.444 e. The van der Waals surface area contributed by atoms with E-state index in [1.54, 1.807) is 21.2 Å². The average molecular weight is 481 g/mol. The molecule has 30 heavy (non-hydrogen) atoms. The van der Waals surface area contributed by atoms with Crippen molar-refractivity contribution in [1.82, 2.24) is 24.2 Å². The number of anilines is 1. The standard InChI is InChI=1S/C20H29BrN6O3/c1-11(2)17-24-15(21)14-16(22)23-9-13(27(14)17)18(28)25(6)12-7-8-26(10-12)19(29)30-20(3,4)5/h9,11-12H,7-8,10H2,1-6H3,(H2,22,23). The van der Waals surface area contributed by atoms with E-state index in [0.717, 1.165) is 5.82 Å². The highest BCUT2D eigenvalue weighted by Crippen LogP contribution is 2.29. The summed E-state index contributed by atoms with van der Waals surface area (Å²) in [4.78, 5) is 37.8. The van der Waals surface area contributed by atoms with Crippen molar-refractivity contribution < 1.29 is 14.3 Å². The van der Waals surface area contributed by atoms with Crippen molar-refractivity contribution in [1.29, 1.82) is 0 Å². The van der Waals surface area contributed by atoms with Gasteiger partial charge in [0.05, 0.1) is 12.2 Å². The summed E-state index contributed by atoms with van der Waals surface area (Å²) in [6.07, 6.45) is 1.81. The van der Waals surface area contributed by atoms with E-state index in [2.05, 4.69) is 25.9 Å². The Morgan fingerprint density at radius 3 is 2.63 bits per heavy atom. The number of rotatable bonds is 3. The van der Waals surface area contributed by atoms with Crippen LogP contribution >= 0.6 is 15.9 Å². The van der Waals surface area contributed by atoms with Gasteiger partial charge in [0.1, 0.15) is 27.2 Å². The van der Waals surface area contributed by atoms with Crippen LogP contribution < -0.4 is 5.73 Å². The Hall–Kier alpha value is -2.36. The highest BCUT2D eigenvalue weighted by Gasteiger charge is 2.34. The largest absolute Gasteiger partial charge is 0.444 e. The summed E-state index contributed by atoms with van der Waals surface area (Å²) in [7, 11) is 1.74. The summed E-state index contributed by atoms with van der Waals surface area (Å²) in [6, 6.07) is -0.118. The Labute approximate surface area is 184 Å². The number of likely N-dealkylation sites (N-methyl/N-ethyl adjacent to an activating group) is 1. The van der Waals surface area contributed by atoms with Gasteiger partial charge in [-0.25, -0.2) is 14.8 Å². The molecular formula is C20H29BrN6O3. The monoisotopic (exact) mass is 480 g/mol. The fraction of sp³-hybridized carbons (Fsp3) is 0.600. The van der Waals surface area contributed by atoms with Gasteiger partial charge in [-0.05, 0) is 43.1 Å². The molecule has 10 heteroatoms. The zero-order valence-corrected chi connectivity index (χ0v) is 19.9. The van der Waals surface area contributed by atoms with Crippen molar-refractivity contribution in [3.05, 3.63) is 22.3 Å². The van der Waals surface area contributed by atoms with E-state index in [0.29, 0.717) is 41.1 Å². The smallest absolute Gasteiger partial charge is 0.410 e. The van der Waals surface area contributed by atoms with Gasteiger partial charge in [-0.3, -0.25) is 9.20 Å². The number of carbonyl (C=O) groups is 2. The van der Waals surface area contributed by atoms with Crippen LogP contribution in [0.25, 0.3) is 5.52 Å². The minimum atomic E-state index is -0.555. The number of fused-ring (bicyclic) bond motifs is 1. The normalized spacial score (nSPS) is 17.1. The lowest BCUT2D eigenvalue weighted by Crippen LogP contribution is -2.42. The van der Waals surface area contributed by atoms with Gasteiger partial charge in [-0.2, -0.15) is 0 Å². The first-order valence-electron chi connectivity index (χ1n) is 9.98. The lowest BCUT2D eigenvalue weighted by atomic mass is 10.2. The number of nitrogens with zero attached hydrogens (tertiary/aromatic N) is 5. The SMILES string of the molecule is CC(C)c1nc(Br)c2c(N)ncc(C(=O)N(C)C3CCN(C(=O)OC(C)(C)C)C3)n12. The van der Waals surface area contributed by atoms with Gasteiger partial charge in [-0.1, -0.05) is 13.8 Å². The number of nitrogens with two attached hydrogens (primary N) is 1. The fourth-order valence-corrected chi connectivity index (χ4v) is 4.12. The summed E-state index contributed by atoms with van der Waals surface area (Å²) in [5, 5.41) is 0. The zero-order valence-electron chi connectivity index (χ0n) is 18.3. The predicted molar refractivity (Wildman–Crippen MR) is 117 cm³/mol. The molecule has 0 bridgehead atoms. The van der Waals surface area contributed by atoms with Crippen molar-refractivity contribution in [2.75, 3.05) is 25.9 Å². The third-order valence-corrected chi connectivity index (χ3v) is 5.64. The van der Waals surface area contributed by atoms with Crippen LogP contribution in [0.1, 0.15) is 63.3 Å². The summed E-state index contributed by atoms with van der Waals surface area (Å²) in [5.74, 6) is 0.911. The quantitative estimate of drug-likeness (QED) is 0.722. The number of ether oxygens (including phenoxy) is 1. The van der Waals surface area contributed by atoms with Crippen LogP contribution in [0.5, 0.6) is 0 Å². The number of amides is 2. The highest BCUT2D eigenvalue weighted by molar-refractivity contribution is 9.10. The fourth-order valence-electron chi connectivity index (χ4n) is 3.56. The topological polar surface area (TPSA) is 106 Å². The van der Waals surface area contributed by atoms with Crippen LogP contribution in [0.2, 0.25) is 0 Å². The van der Waals surface area contributed by atoms with Crippen LogP contribution in [0.3, 0.4) is 0 Å². The van der Waals surface area contributed by atoms with Crippen LogP contribution in [-0.2, 0) is 4.74 Å². The summed E-state index contributed by atoms with van der Waals surface area (Å²) in [6.45, 7) is 10.5. The number of halogens is 1. The Kier molecular flexibility index (Phi) is 5.99. The van der Waals surface area contributed by atoms with E-state index in [4.69, 9.17) is 10.5 Å². The summed E-state index contributed by atoms with van der Waals surface area (Å²) < 4.78 is 7.79. The number of imidazole rings is 1. The second-order valence-electron chi connectivity index (χ2n) is 8.91. The molecule has 0 saturated carbocycles. The lowest BCUT2D eigenvalue weighted by Gasteiger charge is -2.27. The third-order valence-electron chi connectivity index (χ3n) is 5.09. The van der Waals surface area contributed by atoms with E-state index < -0.39 is 5.60 Å². The lowest BCUT2D eigenvalue weighted by molar-refractivity contribution is 0.0279. The molecule has 1 aliphatic heterocycles. The Morgan fingerprint density at radius 1 is 1.37 bits per heavy atom. The predicted octanol–water partition coefficient (Wildman–Crippen LogP) is 3.28. The molecule has 9 nitrogen and oxygen atoms in total. The Balaban J connectivity index is 1.86. The second kappa shape index (κ2) is 8.05. The molecule has 2 N–H and O–H groups in total. The molecule has 164 valence electrons. The van der Waals surface area contributed by atoms with Gasteiger partial charge in [0.15, 0.2) is 5.82 Å². The Bertz CT molecular complexity index is 981. The van der Waals surface area contributed by atoms with E-state index in [9.17, 15) is 9.59 Å². The van der Waals surface area contributed by atoms with Crippen molar-refractivity contribution in [2.24, 2.45) is 0 Å². The molecular weight excluding hydrogens is 452 g/mol. The molecule has 1 atom stereocenters. The molecule has 0 spiro atoms. The minimum absolute atomic E-state index is 0.0802. The number of hydrogen-bond donors (Lipinski definition) is 1. The molecule has 1 saturated heterocycles. The first kappa shape index (κ1) is 22.3. The van der Waals surface area contributed by atoms with Gasteiger partial charge < -0.3 is 20.3 Å². The van der Waals surface area contributed by atoms with Crippen molar-refractivity contribution >= 4 is 39.3 Å². The van der Waals surface area contributed by atoms with Crippen molar-refractivity contribution in [3.8, 4) is 0 Å². The number of nitrogen functional groups attached to an aromatic ring is 1. The summed E-state index contributed by atoms with van der Waals surface area (Å²) >= 11 is 3.44. The summed E-state index contributed by atoms with van der Waals surface area (Å²) in [5.41, 5.74) is 6.47. The van der Waals surface area contributed by atoms with E-state index >= 15 is 0 Å². The number of hydrogen-bond acceptors (Lipinski definition) is 6. The maximum Gasteiger partial charge on any atom is 0.410 e. The van der Waals surface area contributed by atoms with Gasteiger partial charge >= 0.3 is 6.09 Å². The van der Waals surface area contributed by atoms with Crippen molar-refractivity contribution in [2.45, 2.75) is 58.6 Å².